The second-order valence-corrected chi connectivity index (χ2v) is 7.08. The van der Waals surface area contributed by atoms with Crippen LogP contribution in [-0.2, 0) is 14.3 Å². The zero-order chi connectivity index (χ0) is 21.1. The highest BCUT2D eigenvalue weighted by Gasteiger charge is 2.45. The SMILES string of the molecule is COCCN1C(=O)C(=O)C(=C(O)c2ccc(OC)cc2C)[C@H]1c1ccc(C)cc1. The molecule has 1 aliphatic rings. The summed E-state index contributed by atoms with van der Waals surface area (Å²) in [7, 11) is 3.10. The lowest BCUT2D eigenvalue weighted by Gasteiger charge is -2.25. The lowest BCUT2D eigenvalue weighted by atomic mass is 9.93. The van der Waals surface area contributed by atoms with Gasteiger partial charge in [-0.3, -0.25) is 9.59 Å². The van der Waals surface area contributed by atoms with E-state index in [0.29, 0.717) is 11.3 Å². The van der Waals surface area contributed by atoms with E-state index in [9.17, 15) is 14.7 Å². The zero-order valence-corrected chi connectivity index (χ0v) is 17.1. The van der Waals surface area contributed by atoms with E-state index < -0.39 is 17.7 Å². The van der Waals surface area contributed by atoms with E-state index in [-0.39, 0.29) is 24.5 Å². The molecule has 1 amide bonds. The second-order valence-electron chi connectivity index (χ2n) is 7.08. The molecular weight excluding hydrogens is 370 g/mol. The number of amides is 1. The highest BCUT2D eigenvalue weighted by Crippen LogP contribution is 2.40. The number of carbonyl (C=O) groups is 2. The zero-order valence-electron chi connectivity index (χ0n) is 17.1. The third-order valence-electron chi connectivity index (χ3n) is 5.16. The molecule has 2 aromatic rings. The van der Waals surface area contributed by atoms with Gasteiger partial charge in [-0.25, -0.2) is 0 Å². The van der Waals surface area contributed by atoms with Crippen LogP contribution < -0.4 is 4.74 Å². The Morgan fingerprint density at radius 3 is 2.34 bits per heavy atom. The fraction of sp³-hybridized carbons (Fsp3) is 0.304. The highest BCUT2D eigenvalue weighted by molar-refractivity contribution is 6.46. The van der Waals surface area contributed by atoms with Crippen molar-refractivity contribution in [2.45, 2.75) is 19.9 Å². The number of rotatable bonds is 6. The Labute approximate surface area is 170 Å². The topological polar surface area (TPSA) is 76.1 Å². The summed E-state index contributed by atoms with van der Waals surface area (Å²) in [6.07, 6.45) is 0. The summed E-state index contributed by atoms with van der Waals surface area (Å²) >= 11 is 0. The Hall–Kier alpha value is -3.12. The predicted octanol–water partition coefficient (Wildman–Crippen LogP) is 3.38. The van der Waals surface area contributed by atoms with Crippen molar-refractivity contribution in [2.75, 3.05) is 27.4 Å². The average Bonchev–Trinajstić information content (AvgIpc) is 2.96. The van der Waals surface area contributed by atoms with Crippen molar-refractivity contribution in [1.82, 2.24) is 4.90 Å². The van der Waals surface area contributed by atoms with Crippen molar-refractivity contribution in [1.29, 1.82) is 0 Å². The Bertz CT molecular complexity index is 962. The molecule has 1 atom stereocenters. The van der Waals surface area contributed by atoms with Crippen LogP contribution in [0.4, 0.5) is 0 Å². The number of methoxy groups -OCH3 is 2. The molecule has 0 aromatic heterocycles. The third kappa shape index (κ3) is 3.89. The summed E-state index contributed by atoms with van der Waals surface area (Å²) in [6.45, 7) is 4.32. The van der Waals surface area contributed by atoms with Gasteiger partial charge in [0.05, 0.1) is 25.3 Å². The summed E-state index contributed by atoms with van der Waals surface area (Å²) in [4.78, 5) is 27.1. The van der Waals surface area contributed by atoms with E-state index in [4.69, 9.17) is 9.47 Å². The van der Waals surface area contributed by atoms with Crippen LogP contribution in [0, 0.1) is 13.8 Å². The summed E-state index contributed by atoms with van der Waals surface area (Å²) in [5.41, 5.74) is 3.15. The largest absolute Gasteiger partial charge is 0.507 e. The first-order valence-electron chi connectivity index (χ1n) is 9.38. The van der Waals surface area contributed by atoms with Crippen LogP contribution in [0.3, 0.4) is 0 Å². The standard InChI is InChI=1S/C23H25NO5/c1-14-5-7-16(8-6-14)20-19(22(26)23(27)24(20)11-12-28-3)21(25)18-10-9-17(29-4)13-15(18)2/h5-10,13,20,25H,11-12H2,1-4H3/t20-/m1/s1. The lowest BCUT2D eigenvalue weighted by molar-refractivity contribution is -0.140. The van der Waals surface area contributed by atoms with Crippen LogP contribution in [0.1, 0.15) is 28.3 Å². The molecule has 0 unspecified atom stereocenters. The van der Waals surface area contributed by atoms with Gasteiger partial charge in [0.25, 0.3) is 11.7 Å². The Morgan fingerprint density at radius 1 is 1.07 bits per heavy atom. The van der Waals surface area contributed by atoms with Crippen LogP contribution in [-0.4, -0.2) is 49.1 Å². The van der Waals surface area contributed by atoms with Gasteiger partial charge in [0.2, 0.25) is 0 Å². The van der Waals surface area contributed by atoms with Crippen molar-refractivity contribution in [2.24, 2.45) is 0 Å². The maximum atomic E-state index is 12.9. The van der Waals surface area contributed by atoms with Crippen molar-refractivity contribution in [3.63, 3.8) is 0 Å². The molecule has 3 rings (SSSR count). The highest BCUT2D eigenvalue weighted by atomic mass is 16.5. The van der Waals surface area contributed by atoms with E-state index in [2.05, 4.69) is 0 Å². The molecular formula is C23H25NO5. The number of ketones is 1. The van der Waals surface area contributed by atoms with Crippen molar-refractivity contribution >= 4 is 17.4 Å². The molecule has 0 radical (unpaired) electrons. The van der Waals surface area contributed by atoms with Gasteiger partial charge in [0.1, 0.15) is 11.5 Å². The number of Topliss-reactive ketones (excluding diaryl/α,β-unsaturated/α-hetero) is 1. The summed E-state index contributed by atoms with van der Waals surface area (Å²) in [5.74, 6) is -0.872. The average molecular weight is 395 g/mol. The molecule has 2 aromatic carbocycles. The van der Waals surface area contributed by atoms with Gasteiger partial charge < -0.3 is 19.5 Å². The van der Waals surface area contributed by atoms with Gasteiger partial charge in [-0.2, -0.15) is 0 Å². The molecule has 1 heterocycles. The Morgan fingerprint density at radius 2 is 1.76 bits per heavy atom. The third-order valence-corrected chi connectivity index (χ3v) is 5.16. The number of hydrogen-bond acceptors (Lipinski definition) is 5. The van der Waals surface area contributed by atoms with Crippen LogP contribution in [0.2, 0.25) is 0 Å². The van der Waals surface area contributed by atoms with Crippen molar-refractivity contribution in [3.8, 4) is 5.75 Å². The molecule has 1 saturated heterocycles. The van der Waals surface area contributed by atoms with E-state index in [1.165, 1.54) is 12.0 Å². The normalized spacial score (nSPS) is 18.3. The van der Waals surface area contributed by atoms with Gasteiger partial charge in [0, 0.05) is 19.2 Å². The number of likely N-dealkylation sites (tertiary alicyclic amines) is 1. The fourth-order valence-electron chi connectivity index (χ4n) is 3.57. The van der Waals surface area contributed by atoms with E-state index >= 15 is 0 Å². The molecule has 0 aliphatic carbocycles. The lowest BCUT2D eigenvalue weighted by Crippen LogP contribution is -2.32. The maximum Gasteiger partial charge on any atom is 0.295 e. The number of aliphatic hydroxyl groups excluding tert-OH is 1. The van der Waals surface area contributed by atoms with Crippen molar-refractivity contribution < 1.29 is 24.2 Å². The summed E-state index contributed by atoms with van der Waals surface area (Å²) < 4.78 is 10.3. The molecule has 1 fully saturated rings. The number of aliphatic hydroxyl groups is 1. The first-order valence-corrected chi connectivity index (χ1v) is 9.38. The Kier molecular flexibility index (Phi) is 6.03. The van der Waals surface area contributed by atoms with Gasteiger partial charge >= 0.3 is 0 Å². The molecule has 6 heteroatoms. The molecule has 1 aliphatic heterocycles. The maximum absolute atomic E-state index is 12.9. The molecule has 6 nitrogen and oxygen atoms in total. The smallest absolute Gasteiger partial charge is 0.295 e. The van der Waals surface area contributed by atoms with Gasteiger partial charge in [-0.05, 0) is 43.2 Å². The van der Waals surface area contributed by atoms with Crippen LogP contribution >= 0.6 is 0 Å². The van der Waals surface area contributed by atoms with Crippen LogP contribution in [0.15, 0.2) is 48.0 Å². The molecule has 29 heavy (non-hydrogen) atoms. The number of carbonyl (C=O) groups excluding carboxylic acids is 2. The summed E-state index contributed by atoms with van der Waals surface area (Å²) in [5, 5.41) is 11.1. The monoisotopic (exact) mass is 395 g/mol. The number of aryl methyl sites for hydroxylation is 2. The fourth-order valence-corrected chi connectivity index (χ4v) is 3.57. The van der Waals surface area contributed by atoms with E-state index in [1.54, 1.807) is 25.3 Å². The van der Waals surface area contributed by atoms with E-state index in [0.717, 1.165) is 16.7 Å². The molecule has 1 N–H and O–H groups in total. The Balaban J connectivity index is 2.17. The molecule has 0 spiro atoms. The van der Waals surface area contributed by atoms with E-state index in [1.807, 2.05) is 38.1 Å². The van der Waals surface area contributed by atoms with Crippen LogP contribution in [0.5, 0.6) is 5.75 Å². The molecule has 152 valence electrons. The number of ether oxygens (including phenoxy) is 2. The molecule has 0 bridgehead atoms. The number of hydrogen-bond donors (Lipinski definition) is 1. The quantitative estimate of drug-likeness (QED) is 0.461. The van der Waals surface area contributed by atoms with Crippen LogP contribution in [0.25, 0.3) is 5.76 Å². The summed E-state index contributed by atoms with van der Waals surface area (Å²) in [6, 6.07) is 12.1. The minimum absolute atomic E-state index is 0.0863. The number of nitrogens with zero attached hydrogens (tertiary/aromatic N) is 1. The number of benzene rings is 2. The van der Waals surface area contributed by atoms with Gasteiger partial charge in [-0.15, -0.1) is 0 Å². The minimum atomic E-state index is -0.695. The first-order chi connectivity index (χ1) is 13.9. The van der Waals surface area contributed by atoms with Gasteiger partial charge in [0.15, 0.2) is 0 Å². The minimum Gasteiger partial charge on any atom is -0.507 e. The van der Waals surface area contributed by atoms with Crippen molar-refractivity contribution in [3.05, 3.63) is 70.3 Å². The first kappa shape index (κ1) is 20.6. The van der Waals surface area contributed by atoms with Gasteiger partial charge in [-0.1, -0.05) is 29.8 Å². The predicted molar refractivity (Wildman–Crippen MR) is 110 cm³/mol. The second kappa shape index (κ2) is 8.49. The molecule has 0 saturated carbocycles.